The maximum atomic E-state index is 11.3. The molecule has 0 aromatic carbocycles. The average Bonchev–Trinajstić information content (AvgIpc) is 2.58. The summed E-state index contributed by atoms with van der Waals surface area (Å²) in [6.07, 6.45) is 1.97. The van der Waals surface area contributed by atoms with Crippen LogP contribution in [0, 0.1) is 6.92 Å². The molecule has 0 bridgehead atoms. The minimum absolute atomic E-state index is 0.188. The van der Waals surface area contributed by atoms with Crippen molar-refractivity contribution in [3.63, 3.8) is 0 Å². The van der Waals surface area contributed by atoms with E-state index in [1.54, 1.807) is 17.9 Å². The van der Waals surface area contributed by atoms with Gasteiger partial charge < -0.3 is 5.32 Å². The van der Waals surface area contributed by atoms with Crippen LogP contribution in [-0.4, -0.2) is 27.6 Å². The maximum absolute atomic E-state index is 11.3. The zero-order valence-corrected chi connectivity index (χ0v) is 8.57. The van der Waals surface area contributed by atoms with E-state index < -0.39 is 6.04 Å². The zero-order valence-electron chi connectivity index (χ0n) is 8.57. The van der Waals surface area contributed by atoms with Gasteiger partial charge in [0.2, 0.25) is 11.8 Å². The number of rotatable bonds is 2. The molecule has 1 aromatic heterocycles. The lowest BCUT2D eigenvalue weighted by Crippen LogP contribution is -2.30. The van der Waals surface area contributed by atoms with Crippen molar-refractivity contribution < 1.29 is 9.59 Å². The van der Waals surface area contributed by atoms with Gasteiger partial charge in [0.15, 0.2) is 0 Å². The average molecular weight is 208 g/mol. The van der Waals surface area contributed by atoms with Gasteiger partial charge in [0, 0.05) is 13.2 Å². The van der Waals surface area contributed by atoms with Crippen LogP contribution in [0.25, 0.3) is 0 Å². The molecule has 0 radical (unpaired) electrons. The van der Waals surface area contributed by atoms with E-state index in [0.29, 0.717) is 0 Å². The standard InChI is InChI=1S/C9H12N4O2/c1-5-7(4-13(2)12-5)10-6-3-8(14)11-9(6)15/h4,6,10H,3H2,1-2H3,(H,11,14,15). The van der Waals surface area contributed by atoms with Crippen LogP contribution in [0.4, 0.5) is 5.69 Å². The Morgan fingerprint density at radius 1 is 1.60 bits per heavy atom. The number of carbonyl (C=O) groups is 2. The van der Waals surface area contributed by atoms with E-state index in [-0.39, 0.29) is 18.2 Å². The molecule has 15 heavy (non-hydrogen) atoms. The van der Waals surface area contributed by atoms with Crippen molar-refractivity contribution >= 4 is 17.5 Å². The van der Waals surface area contributed by atoms with Crippen LogP contribution < -0.4 is 10.6 Å². The molecule has 6 nitrogen and oxygen atoms in total. The van der Waals surface area contributed by atoms with Gasteiger partial charge >= 0.3 is 0 Å². The molecule has 1 saturated heterocycles. The Kier molecular flexibility index (Phi) is 2.18. The van der Waals surface area contributed by atoms with Crippen molar-refractivity contribution in [3.05, 3.63) is 11.9 Å². The highest BCUT2D eigenvalue weighted by molar-refractivity contribution is 6.06. The summed E-state index contributed by atoms with van der Waals surface area (Å²) in [5, 5.41) is 9.37. The van der Waals surface area contributed by atoms with Crippen molar-refractivity contribution in [1.82, 2.24) is 15.1 Å². The molecule has 0 aliphatic carbocycles. The molecular formula is C9H12N4O2. The van der Waals surface area contributed by atoms with Crippen molar-refractivity contribution in [2.24, 2.45) is 7.05 Å². The second-order valence-corrected chi connectivity index (χ2v) is 3.62. The van der Waals surface area contributed by atoms with E-state index >= 15 is 0 Å². The SMILES string of the molecule is Cc1nn(C)cc1NC1CC(=O)NC1=O. The predicted octanol–water partition coefficient (Wildman–Crippen LogP) is -0.444. The second kappa shape index (κ2) is 3.38. The number of anilines is 1. The van der Waals surface area contributed by atoms with Crippen molar-refractivity contribution in [1.29, 1.82) is 0 Å². The van der Waals surface area contributed by atoms with E-state index in [0.717, 1.165) is 11.4 Å². The van der Waals surface area contributed by atoms with Gasteiger partial charge in [-0.15, -0.1) is 0 Å². The number of imide groups is 1. The number of carbonyl (C=O) groups excluding carboxylic acids is 2. The minimum Gasteiger partial charge on any atom is -0.370 e. The minimum atomic E-state index is -0.472. The fourth-order valence-corrected chi connectivity index (χ4v) is 1.60. The molecule has 80 valence electrons. The Morgan fingerprint density at radius 3 is 2.80 bits per heavy atom. The number of aryl methyl sites for hydroxylation is 2. The van der Waals surface area contributed by atoms with Crippen LogP contribution in [0.1, 0.15) is 12.1 Å². The molecule has 2 heterocycles. The maximum Gasteiger partial charge on any atom is 0.249 e. The Hall–Kier alpha value is -1.85. The van der Waals surface area contributed by atoms with Gasteiger partial charge in [0.1, 0.15) is 6.04 Å². The van der Waals surface area contributed by atoms with Gasteiger partial charge in [-0.2, -0.15) is 5.10 Å². The molecule has 1 atom stereocenters. The first-order valence-electron chi connectivity index (χ1n) is 4.67. The summed E-state index contributed by atoms with van der Waals surface area (Å²) in [6, 6.07) is -0.472. The fraction of sp³-hybridized carbons (Fsp3) is 0.444. The van der Waals surface area contributed by atoms with E-state index in [1.165, 1.54) is 0 Å². The Balaban J connectivity index is 2.12. The van der Waals surface area contributed by atoms with Crippen LogP contribution in [0.15, 0.2) is 6.20 Å². The molecule has 1 fully saturated rings. The number of hydrogen-bond acceptors (Lipinski definition) is 4. The summed E-state index contributed by atoms with van der Waals surface area (Å²) in [7, 11) is 1.80. The highest BCUT2D eigenvalue weighted by atomic mass is 16.2. The van der Waals surface area contributed by atoms with Gasteiger partial charge in [0.05, 0.1) is 17.8 Å². The first kappa shape index (κ1) is 9.70. The topological polar surface area (TPSA) is 76.0 Å². The van der Waals surface area contributed by atoms with Crippen LogP contribution in [0.2, 0.25) is 0 Å². The molecule has 2 amide bonds. The molecule has 0 saturated carbocycles. The first-order valence-corrected chi connectivity index (χ1v) is 4.67. The van der Waals surface area contributed by atoms with Gasteiger partial charge in [0.25, 0.3) is 0 Å². The molecule has 0 spiro atoms. The molecule has 1 aromatic rings. The third kappa shape index (κ3) is 1.83. The lowest BCUT2D eigenvalue weighted by Gasteiger charge is -2.08. The molecule has 2 rings (SSSR count). The lowest BCUT2D eigenvalue weighted by atomic mass is 10.2. The summed E-state index contributed by atoms with van der Waals surface area (Å²) in [6.45, 7) is 1.84. The number of nitrogens with zero attached hydrogens (tertiary/aromatic N) is 2. The smallest absolute Gasteiger partial charge is 0.249 e. The summed E-state index contributed by atoms with van der Waals surface area (Å²) in [5.74, 6) is -0.512. The summed E-state index contributed by atoms with van der Waals surface area (Å²) < 4.78 is 1.66. The molecule has 1 aliphatic heterocycles. The molecule has 1 aliphatic rings. The van der Waals surface area contributed by atoms with Gasteiger partial charge in [-0.25, -0.2) is 0 Å². The fourth-order valence-electron chi connectivity index (χ4n) is 1.60. The third-order valence-corrected chi connectivity index (χ3v) is 2.31. The van der Waals surface area contributed by atoms with Crippen molar-refractivity contribution in [2.45, 2.75) is 19.4 Å². The highest BCUT2D eigenvalue weighted by Gasteiger charge is 2.30. The first-order chi connectivity index (χ1) is 7.06. The van der Waals surface area contributed by atoms with Crippen molar-refractivity contribution in [2.75, 3.05) is 5.32 Å². The van der Waals surface area contributed by atoms with Gasteiger partial charge in [-0.1, -0.05) is 0 Å². The predicted molar refractivity (Wildman–Crippen MR) is 53.1 cm³/mol. The normalized spacial score (nSPS) is 20.5. The summed E-state index contributed by atoms with van der Waals surface area (Å²) in [4.78, 5) is 22.2. The van der Waals surface area contributed by atoms with Crippen LogP contribution in [0.3, 0.4) is 0 Å². The van der Waals surface area contributed by atoms with Crippen molar-refractivity contribution in [3.8, 4) is 0 Å². The van der Waals surface area contributed by atoms with E-state index in [1.807, 2.05) is 6.92 Å². The van der Waals surface area contributed by atoms with Crippen LogP contribution in [0.5, 0.6) is 0 Å². The van der Waals surface area contributed by atoms with Crippen LogP contribution >= 0.6 is 0 Å². The van der Waals surface area contributed by atoms with E-state index in [2.05, 4.69) is 15.7 Å². The number of aromatic nitrogens is 2. The lowest BCUT2D eigenvalue weighted by molar-refractivity contribution is -0.124. The second-order valence-electron chi connectivity index (χ2n) is 3.62. The quantitative estimate of drug-likeness (QED) is 0.646. The number of hydrogen-bond donors (Lipinski definition) is 2. The Morgan fingerprint density at radius 2 is 2.33 bits per heavy atom. The number of nitrogens with one attached hydrogen (secondary N) is 2. The third-order valence-electron chi connectivity index (χ3n) is 2.31. The summed E-state index contributed by atoms with van der Waals surface area (Å²) >= 11 is 0. The molecule has 2 N–H and O–H groups in total. The van der Waals surface area contributed by atoms with Gasteiger partial charge in [-0.05, 0) is 6.92 Å². The van der Waals surface area contributed by atoms with Crippen LogP contribution in [-0.2, 0) is 16.6 Å². The molecule has 6 heteroatoms. The summed E-state index contributed by atoms with van der Waals surface area (Å²) in [5.41, 5.74) is 1.59. The molecular weight excluding hydrogens is 196 g/mol. The number of amides is 2. The van der Waals surface area contributed by atoms with E-state index in [9.17, 15) is 9.59 Å². The monoisotopic (exact) mass is 208 g/mol. The Bertz CT molecular complexity index is 424. The van der Waals surface area contributed by atoms with E-state index in [4.69, 9.17) is 0 Å². The molecule has 1 unspecified atom stereocenters. The Labute approximate surface area is 86.6 Å². The largest absolute Gasteiger partial charge is 0.370 e. The highest BCUT2D eigenvalue weighted by Crippen LogP contribution is 2.15. The zero-order chi connectivity index (χ0) is 11.0. The van der Waals surface area contributed by atoms with Gasteiger partial charge in [-0.3, -0.25) is 19.6 Å².